The molecule has 5 rings (SSSR count). The third-order valence-electron chi connectivity index (χ3n) is 8.17. The van der Waals surface area contributed by atoms with Gasteiger partial charge < -0.3 is 26.0 Å². The maximum Gasteiger partial charge on any atom is 0.354 e. The molecule has 1 aromatic heterocycles. The molecule has 204 valence electrons. The number of benzene rings is 1. The van der Waals surface area contributed by atoms with Crippen molar-refractivity contribution in [3.63, 3.8) is 0 Å². The minimum absolute atomic E-state index is 0.250. The Bertz CT molecular complexity index is 1230. The molecule has 4 N–H and O–H groups in total. The number of esters is 1. The number of rotatable bonds is 8. The minimum atomic E-state index is -0.471. The Morgan fingerprint density at radius 3 is 2.32 bits per heavy atom. The van der Waals surface area contributed by atoms with Crippen LogP contribution in [0.5, 0.6) is 0 Å². The lowest BCUT2D eigenvalue weighted by Crippen LogP contribution is -2.51. The van der Waals surface area contributed by atoms with Crippen molar-refractivity contribution in [1.82, 2.24) is 19.4 Å². The number of likely N-dealkylation sites (tertiary alicyclic amines) is 1. The number of nitrogens with two attached hydrogens (primary N) is 2. The quantitative estimate of drug-likeness (QED) is 0.492. The summed E-state index contributed by atoms with van der Waals surface area (Å²) >= 11 is 0. The van der Waals surface area contributed by atoms with Crippen molar-refractivity contribution >= 4 is 11.8 Å². The van der Waals surface area contributed by atoms with Crippen LogP contribution in [0.4, 0.5) is 5.82 Å². The van der Waals surface area contributed by atoms with E-state index in [4.69, 9.17) is 16.2 Å². The number of piperazine rings is 1. The molecule has 3 unspecified atom stereocenters. The highest BCUT2D eigenvalue weighted by molar-refractivity contribution is 5.78. The van der Waals surface area contributed by atoms with E-state index in [-0.39, 0.29) is 17.7 Å². The third-order valence-corrected chi connectivity index (χ3v) is 8.17. The number of nitrogens with zero attached hydrogens (tertiary/aromatic N) is 5. The predicted octanol–water partition coefficient (Wildman–Crippen LogP) is 1.10. The summed E-state index contributed by atoms with van der Waals surface area (Å²) in [5, 5.41) is 0. The topological polar surface area (TPSA) is 123 Å². The number of ether oxygens (including phenoxy) is 1. The molecule has 0 radical (unpaired) electrons. The SMILES string of the molecule is C=C(N1CCN(c2ccn(-c3ccc(C(C(=O)OCC)N4CC5C(N)C5C4)cc3)c(=O)n2)CC1)C(C)(C)N. The average molecular weight is 522 g/mol. The number of fused-ring (bicyclic) bond motifs is 1. The van der Waals surface area contributed by atoms with Gasteiger partial charge in [-0.15, -0.1) is 0 Å². The monoisotopic (exact) mass is 521 g/mol. The lowest BCUT2D eigenvalue weighted by Gasteiger charge is -2.41. The van der Waals surface area contributed by atoms with Crippen LogP contribution < -0.4 is 22.1 Å². The summed E-state index contributed by atoms with van der Waals surface area (Å²) in [4.78, 5) is 36.7. The molecule has 3 atom stereocenters. The first kappa shape index (κ1) is 26.4. The van der Waals surface area contributed by atoms with Gasteiger partial charge in [0, 0.05) is 62.7 Å². The number of piperidine rings is 1. The highest BCUT2D eigenvalue weighted by Gasteiger charge is 2.55. The van der Waals surface area contributed by atoms with E-state index >= 15 is 0 Å². The van der Waals surface area contributed by atoms with Crippen LogP contribution in [0.15, 0.2) is 53.6 Å². The van der Waals surface area contributed by atoms with Crippen LogP contribution in [0, 0.1) is 11.8 Å². The Balaban J connectivity index is 1.28. The molecule has 3 heterocycles. The molecule has 0 bridgehead atoms. The molecule has 1 saturated carbocycles. The Labute approximate surface area is 223 Å². The molecule has 3 aliphatic rings. The molecule has 0 amide bonds. The Morgan fingerprint density at radius 1 is 1.13 bits per heavy atom. The van der Waals surface area contributed by atoms with Crippen LogP contribution in [-0.4, -0.2) is 82.8 Å². The zero-order valence-electron chi connectivity index (χ0n) is 22.5. The zero-order valence-corrected chi connectivity index (χ0v) is 22.5. The van der Waals surface area contributed by atoms with Gasteiger partial charge in [0.1, 0.15) is 11.9 Å². The fourth-order valence-electron chi connectivity index (χ4n) is 5.73. The van der Waals surface area contributed by atoms with E-state index in [1.165, 1.54) is 4.57 Å². The number of carbonyl (C=O) groups is 1. The van der Waals surface area contributed by atoms with Crippen LogP contribution in [-0.2, 0) is 9.53 Å². The lowest BCUT2D eigenvalue weighted by atomic mass is 10.0. The van der Waals surface area contributed by atoms with Crippen molar-refractivity contribution in [2.45, 2.75) is 38.4 Å². The number of hydrogen-bond acceptors (Lipinski definition) is 9. The van der Waals surface area contributed by atoms with Gasteiger partial charge >= 0.3 is 11.7 Å². The van der Waals surface area contributed by atoms with Gasteiger partial charge in [-0.05, 0) is 56.4 Å². The summed E-state index contributed by atoms with van der Waals surface area (Å²) in [5.74, 6) is 1.33. The average Bonchev–Trinajstić information content (AvgIpc) is 3.27. The fraction of sp³-hybridized carbons (Fsp3) is 0.536. The molecule has 1 aromatic carbocycles. The summed E-state index contributed by atoms with van der Waals surface area (Å²) in [6.07, 6.45) is 1.76. The summed E-state index contributed by atoms with van der Waals surface area (Å²) in [6, 6.07) is 9.14. The number of hydrogen-bond donors (Lipinski definition) is 2. The van der Waals surface area contributed by atoms with Crippen LogP contribution in [0.1, 0.15) is 32.4 Å². The number of aromatic nitrogens is 2. The summed E-state index contributed by atoms with van der Waals surface area (Å²) in [6.45, 7) is 14.8. The second-order valence-electron chi connectivity index (χ2n) is 11.2. The first-order valence-electron chi connectivity index (χ1n) is 13.4. The van der Waals surface area contributed by atoms with Gasteiger partial charge in [-0.1, -0.05) is 18.7 Å². The molecule has 38 heavy (non-hydrogen) atoms. The standard InChI is InChI=1S/C28H39N7O3/c1-5-38-26(36)25(34-16-21-22(17-34)24(21)29)19-6-8-20(9-7-19)35-11-10-23(31-27(35)37)33-14-12-32(13-15-33)18(2)28(3,4)30/h6-11,21-22,24-25H,2,5,12-17,29-30H2,1,3-4H3. The Morgan fingerprint density at radius 2 is 1.76 bits per heavy atom. The number of carbonyl (C=O) groups excluding carboxylic acids is 1. The van der Waals surface area contributed by atoms with Gasteiger partial charge in [-0.3, -0.25) is 9.47 Å². The number of anilines is 1. The largest absolute Gasteiger partial charge is 0.465 e. The second-order valence-corrected chi connectivity index (χ2v) is 11.2. The van der Waals surface area contributed by atoms with E-state index in [2.05, 4.69) is 26.3 Å². The molecule has 2 aliphatic heterocycles. The van der Waals surface area contributed by atoms with Gasteiger partial charge in [0.25, 0.3) is 0 Å². The third kappa shape index (κ3) is 5.08. The van der Waals surface area contributed by atoms with Gasteiger partial charge in [0.15, 0.2) is 0 Å². The molecule has 10 nitrogen and oxygen atoms in total. The van der Waals surface area contributed by atoms with Crippen molar-refractivity contribution in [2.24, 2.45) is 23.3 Å². The lowest BCUT2D eigenvalue weighted by molar-refractivity contribution is -0.149. The van der Waals surface area contributed by atoms with Crippen LogP contribution in [0.25, 0.3) is 5.69 Å². The van der Waals surface area contributed by atoms with Gasteiger partial charge in [-0.2, -0.15) is 4.98 Å². The molecular formula is C28H39N7O3. The maximum absolute atomic E-state index is 13.0. The summed E-state index contributed by atoms with van der Waals surface area (Å²) in [5.41, 5.74) is 14.0. The Hall–Kier alpha value is -3.21. The van der Waals surface area contributed by atoms with E-state index in [9.17, 15) is 9.59 Å². The molecule has 10 heteroatoms. The van der Waals surface area contributed by atoms with Crippen LogP contribution in [0.3, 0.4) is 0 Å². The van der Waals surface area contributed by atoms with Crippen molar-refractivity contribution in [3.8, 4) is 5.69 Å². The molecule has 3 fully saturated rings. The molecule has 1 aliphatic carbocycles. The summed E-state index contributed by atoms with van der Waals surface area (Å²) in [7, 11) is 0. The molecule has 2 aromatic rings. The van der Waals surface area contributed by atoms with E-state index in [0.29, 0.717) is 29.9 Å². The van der Waals surface area contributed by atoms with Crippen molar-refractivity contribution in [1.29, 1.82) is 0 Å². The van der Waals surface area contributed by atoms with Crippen molar-refractivity contribution in [2.75, 3.05) is 50.8 Å². The van der Waals surface area contributed by atoms with E-state index in [1.54, 1.807) is 6.20 Å². The maximum atomic E-state index is 13.0. The van der Waals surface area contributed by atoms with Crippen LogP contribution in [0.2, 0.25) is 0 Å². The molecule has 0 spiro atoms. The van der Waals surface area contributed by atoms with E-state index in [1.807, 2.05) is 51.1 Å². The van der Waals surface area contributed by atoms with E-state index < -0.39 is 11.6 Å². The second kappa shape index (κ2) is 10.2. The summed E-state index contributed by atoms with van der Waals surface area (Å²) < 4.78 is 6.91. The Kier molecular flexibility index (Phi) is 7.06. The first-order chi connectivity index (χ1) is 18.1. The highest BCUT2D eigenvalue weighted by Crippen LogP contribution is 2.46. The van der Waals surface area contributed by atoms with Gasteiger partial charge in [0.2, 0.25) is 0 Å². The van der Waals surface area contributed by atoms with Gasteiger partial charge in [0.05, 0.1) is 12.3 Å². The van der Waals surface area contributed by atoms with E-state index in [0.717, 1.165) is 50.5 Å². The molecular weight excluding hydrogens is 482 g/mol. The van der Waals surface area contributed by atoms with Crippen molar-refractivity contribution < 1.29 is 9.53 Å². The van der Waals surface area contributed by atoms with Crippen molar-refractivity contribution in [3.05, 3.63) is 64.9 Å². The zero-order chi connectivity index (χ0) is 27.2. The normalized spacial score (nSPS) is 24.2. The highest BCUT2D eigenvalue weighted by atomic mass is 16.5. The fourth-order valence-corrected chi connectivity index (χ4v) is 5.73. The van der Waals surface area contributed by atoms with Crippen LogP contribution >= 0.6 is 0 Å². The predicted molar refractivity (Wildman–Crippen MR) is 147 cm³/mol. The minimum Gasteiger partial charge on any atom is -0.465 e. The van der Waals surface area contributed by atoms with Gasteiger partial charge in [-0.25, -0.2) is 9.59 Å². The smallest absolute Gasteiger partial charge is 0.354 e. The molecule has 2 saturated heterocycles. The first-order valence-corrected chi connectivity index (χ1v) is 13.4.